The van der Waals surface area contributed by atoms with Crippen molar-refractivity contribution in [2.24, 2.45) is 0 Å². The second kappa shape index (κ2) is 8.43. The minimum absolute atomic E-state index is 0.00247. The Bertz CT molecular complexity index is 1060. The molecule has 3 aromatic rings. The maximum atomic E-state index is 12.4. The van der Waals surface area contributed by atoms with Crippen LogP contribution < -0.4 is 9.46 Å². The summed E-state index contributed by atoms with van der Waals surface area (Å²) in [5.41, 5.74) is 1.05. The monoisotopic (exact) mass is 443 g/mol. The lowest BCUT2D eigenvalue weighted by atomic mass is 10.1. The molecule has 6 nitrogen and oxygen atoms in total. The van der Waals surface area contributed by atoms with Gasteiger partial charge in [0.1, 0.15) is 10.8 Å². The molecule has 0 unspecified atom stereocenters. The second-order valence-electron chi connectivity index (χ2n) is 5.49. The average Bonchev–Trinajstić information content (AvgIpc) is 3.09. The molecule has 1 aromatic heterocycles. The highest BCUT2D eigenvalue weighted by molar-refractivity contribution is 7.93. The smallest absolute Gasteiger partial charge is 0.263 e. The van der Waals surface area contributed by atoms with Crippen molar-refractivity contribution in [2.45, 2.75) is 17.7 Å². The molecule has 27 heavy (non-hydrogen) atoms. The van der Waals surface area contributed by atoms with Crippen LogP contribution in [0, 0.1) is 0 Å². The first-order valence-electron chi connectivity index (χ1n) is 7.81. The summed E-state index contributed by atoms with van der Waals surface area (Å²) in [6.45, 7) is 0. The molecule has 0 bridgehead atoms. The van der Waals surface area contributed by atoms with Crippen LogP contribution in [0.15, 0.2) is 47.4 Å². The van der Waals surface area contributed by atoms with E-state index in [1.807, 2.05) is 24.3 Å². The van der Waals surface area contributed by atoms with Crippen molar-refractivity contribution in [3.8, 4) is 5.75 Å². The van der Waals surface area contributed by atoms with Crippen LogP contribution >= 0.6 is 34.5 Å². The van der Waals surface area contributed by atoms with Gasteiger partial charge in [0.25, 0.3) is 10.0 Å². The van der Waals surface area contributed by atoms with Crippen molar-refractivity contribution in [3.63, 3.8) is 0 Å². The molecule has 0 aliphatic rings. The van der Waals surface area contributed by atoms with Crippen molar-refractivity contribution in [1.82, 2.24) is 10.2 Å². The van der Waals surface area contributed by atoms with Crippen LogP contribution in [0.4, 0.5) is 5.13 Å². The summed E-state index contributed by atoms with van der Waals surface area (Å²) in [7, 11) is -2.20. The highest BCUT2D eigenvalue weighted by atomic mass is 35.5. The largest absolute Gasteiger partial charge is 0.496 e. The van der Waals surface area contributed by atoms with Crippen LogP contribution in [0.3, 0.4) is 0 Å². The van der Waals surface area contributed by atoms with Crippen molar-refractivity contribution >= 4 is 49.7 Å². The van der Waals surface area contributed by atoms with E-state index >= 15 is 0 Å². The highest BCUT2D eigenvalue weighted by Crippen LogP contribution is 2.27. The molecule has 10 heteroatoms. The van der Waals surface area contributed by atoms with Crippen LogP contribution in [0.25, 0.3) is 0 Å². The van der Waals surface area contributed by atoms with Crippen LogP contribution in [0.5, 0.6) is 5.75 Å². The molecular formula is C17H15Cl2N3O3S2. The number of halogens is 2. The van der Waals surface area contributed by atoms with Gasteiger partial charge in [0.2, 0.25) is 5.13 Å². The Balaban J connectivity index is 1.69. The van der Waals surface area contributed by atoms with Crippen molar-refractivity contribution in [1.29, 1.82) is 0 Å². The topological polar surface area (TPSA) is 81.2 Å². The molecule has 1 heterocycles. The summed E-state index contributed by atoms with van der Waals surface area (Å²) in [5.74, 6) is 0.808. The molecule has 142 valence electrons. The number of anilines is 1. The summed E-state index contributed by atoms with van der Waals surface area (Å²) < 4.78 is 32.6. The van der Waals surface area contributed by atoms with E-state index in [9.17, 15) is 8.42 Å². The number of aryl methyl sites for hydroxylation is 2. The Morgan fingerprint density at radius 2 is 1.85 bits per heavy atom. The summed E-state index contributed by atoms with van der Waals surface area (Å²) in [6.07, 6.45) is 1.32. The van der Waals surface area contributed by atoms with Gasteiger partial charge < -0.3 is 4.74 Å². The number of sulfonamides is 1. The SMILES string of the molecule is COc1ccccc1CCc1nnc(NS(=O)(=O)c2ccc(Cl)c(Cl)c2)s1. The van der Waals surface area contributed by atoms with E-state index in [1.54, 1.807) is 7.11 Å². The number of hydrogen-bond acceptors (Lipinski definition) is 6. The molecule has 0 fully saturated rings. The van der Waals surface area contributed by atoms with Gasteiger partial charge in [-0.2, -0.15) is 0 Å². The van der Waals surface area contributed by atoms with Gasteiger partial charge in [-0.1, -0.05) is 52.7 Å². The molecular weight excluding hydrogens is 429 g/mol. The van der Waals surface area contributed by atoms with E-state index in [0.29, 0.717) is 17.8 Å². The number of rotatable bonds is 7. The van der Waals surface area contributed by atoms with Gasteiger partial charge in [-0.3, -0.25) is 4.72 Å². The minimum atomic E-state index is -3.82. The van der Waals surface area contributed by atoms with E-state index in [0.717, 1.165) is 11.3 Å². The Morgan fingerprint density at radius 3 is 2.59 bits per heavy atom. The van der Waals surface area contributed by atoms with Crippen LogP contribution in [-0.4, -0.2) is 25.7 Å². The molecule has 1 N–H and O–H groups in total. The fourth-order valence-corrected chi connectivity index (χ4v) is 4.72. The second-order valence-corrected chi connectivity index (χ2v) is 9.05. The van der Waals surface area contributed by atoms with Gasteiger partial charge in [-0.15, -0.1) is 10.2 Å². The zero-order valence-electron chi connectivity index (χ0n) is 14.1. The van der Waals surface area contributed by atoms with Gasteiger partial charge in [0, 0.05) is 6.42 Å². The van der Waals surface area contributed by atoms with E-state index in [-0.39, 0.29) is 20.1 Å². The summed E-state index contributed by atoms with van der Waals surface area (Å²) in [6, 6.07) is 11.8. The number of aromatic nitrogens is 2. The molecule has 0 amide bonds. The first-order valence-corrected chi connectivity index (χ1v) is 10.9. The minimum Gasteiger partial charge on any atom is -0.496 e. The summed E-state index contributed by atoms with van der Waals surface area (Å²) in [5, 5.41) is 9.31. The van der Waals surface area contributed by atoms with Gasteiger partial charge in [-0.25, -0.2) is 8.42 Å². The number of nitrogens with one attached hydrogen (secondary N) is 1. The third kappa shape index (κ3) is 4.90. The van der Waals surface area contributed by atoms with Gasteiger partial charge >= 0.3 is 0 Å². The van der Waals surface area contributed by atoms with E-state index < -0.39 is 10.0 Å². The fraction of sp³-hybridized carbons (Fsp3) is 0.176. The Hall–Kier alpha value is -1.87. The third-order valence-electron chi connectivity index (χ3n) is 3.69. The molecule has 0 radical (unpaired) electrons. The average molecular weight is 444 g/mol. The van der Waals surface area contributed by atoms with Crippen LogP contribution in [0.2, 0.25) is 10.0 Å². The van der Waals surface area contributed by atoms with Gasteiger partial charge in [-0.05, 0) is 36.2 Å². The van der Waals surface area contributed by atoms with Crippen molar-refractivity contribution < 1.29 is 13.2 Å². The number of nitrogens with zero attached hydrogens (tertiary/aromatic N) is 2. The first-order chi connectivity index (χ1) is 12.9. The number of methoxy groups -OCH3 is 1. The lowest BCUT2D eigenvalue weighted by molar-refractivity contribution is 0.409. The number of hydrogen-bond donors (Lipinski definition) is 1. The summed E-state index contributed by atoms with van der Waals surface area (Å²) >= 11 is 12.9. The molecule has 0 spiro atoms. The Morgan fingerprint density at radius 1 is 1.07 bits per heavy atom. The van der Waals surface area contributed by atoms with E-state index in [4.69, 9.17) is 27.9 Å². The predicted octanol–water partition coefficient (Wildman–Crippen LogP) is 4.44. The predicted molar refractivity (Wildman–Crippen MR) is 108 cm³/mol. The highest BCUT2D eigenvalue weighted by Gasteiger charge is 2.18. The molecule has 2 aromatic carbocycles. The van der Waals surface area contributed by atoms with E-state index in [1.165, 1.54) is 29.5 Å². The number of benzene rings is 2. The van der Waals surface area contributed by atoms with E-state index in [2.05, 4.69) is 14.9 Å². The Labute approximate surface area is 171 Å². The third-order valence-corrected chi connectivity index (χ3v) is 6.79. The lowest BCUT2D eigenvalue weighted by Crippen LogP contribution is -2.12. The lowest BCUT2D eigenvalue weighted by Gasteiger charge is -2.06. The number of para-hydroxylation sites is 1. The molecule has 0 aliphatic carbocycles. The zero-order chi connectivity index (χ0) is 19.4. The van der Waals surface area contributed by atoms with Gasteiger partial charge in [0.15, 0.2) is 0 Å². The Kier molecular flexibility index (Phi) is 6.21. The standard InChI is InChI=1S/C17H15Cl2N3O3S2/c1-25-15-5-3-2-4-11(15)6-9-16-20-21-17(26-16)22-27(23,24)12-7-8-13(18)14(19)10-12/h2-5,7-8,10H,6,9H2,1H3,(H,21,22). The molecule has 0 atom stereocenters. The number of ether oxygens (including phenoxy) is 1. The quantitative estimate of drug-likeness (QED) is 0.583. The first kappa shape index (κ1) is 19.9. The molecule has 0 saturated heterocycles. The van der Waals surface area contributed by atoms with Gasteiger partial charge in [0.05, 0.1) is 22.1 Å². The van der Waals surface area contributed by atoms with Crippen LogP contribution in [0.1, 0.15) is 10.6 Å². The van der Waals surface area contributed by atoms with Crippen molar-refractivity contribution in [3.05, 3.63) is 63.1 Å². The van der Waals surface area contributed by atoms with Crippen molar-refractivity contribution in [2.75, 3.05) is 11.8 Å². The molecule has 3 rings (SSSR count). The molecule has 0 saturated carbocycles. The van der Waals surface area contributed by atoms with Crippen LogP contribution in [-0.2, 0) is 22.9 Å². The summed E-state index contributed by atoms with van der Waals surface area (Å²) in [4.78, 5) is 0.00247. The maximum Gasteiger partial charge on any atom is 0.263 e. The fourth-order valence-electron chi connectivity index (χ4n) is 2.36. The zero-order valence-corrected chi connectivity index (χ0v) is 17.3. The normalized spacial score (nSPS) is 11.4. The maximum absolute atomic E-state index is 12.4. The molecule has 0 aliphatic heterocycles.